The van der Waals surface area contributed by atoms with Gasteiger partial charge in [-0.05, 0) is 42.3 Å². The van der Waals surface area contributed by atoms with E-state index in [2.05, 4.69) is 10.2 Å². The minimum atomic E-state index is -0.0750. The first-order valence-electron chi connectivity index (χ1n) is 9.68. The monoisotopic (exact) mass is 397 g/mol. The molecule has 3 rings (SSSR count). The quantitative estimate of drug-likeness (QED) is 0.693. The van der Waals surface area contributed by atoms with Crippen LogP contribution in [0.1, 0.15) is 12.0 Å². The molecule has 1 heterocycles. The molecule has 0 bridgehead atoms. The fourth-order valence-corrected chi connectivity index (χ4v) is 3.37. The molecule has 0 atom stereocenters. The third-order valence-corrected chi connectivity index (χ3v) is 5.06. The first-order chi connectivity index (χ1) is 14.1. The van der Waals surface area contributed by atoms with Gasteiger partial charge in [0.25, 0.3) is 0 Å². The second-order valence-corrected chi connectivity index (χ2v) is 6.91. The Balaban J connectivity index is 1.64. The zero-order chi connectivity index (χ0) is 20.6. The Morgan fingerprint density at radius 3 is 2.55 bits per heavy atom. The molecule has 0 radical (unpaired) electrons. The molecule has 0 aliphatic carbocycles. The summed E-state index contributed by atoms with van der Waals surface area (Å²) in [6.07, 6.45) is 1.87. The maximum atomic E-state index is 12.5. The first kappa shape index (κ1) is 20.5. The fraction of sp³-hybridized carbons (Fsp3) is 0.364. The van der Waals surface area contributed by atoms with Crippen LogP contribution in [0.3, 0.4) is 0 Å². The first-order valence-corrected chi connectivity index (χ1v) is 9.68. The summed E-state index contributed by atoms with van der Waals surface area (Å²) < 4.78 is 10.6. The van der Waals surface area contributed by atoms with Crippen LogP contribution in [-0.4, -0.2) is 57.6 Å². The predicted octanol–water partition coefficient (Wildman–Crippen LogP) is 2.55. The average molecular weight is 397 g/mol. The van der Waals surface area contributed by atoms with E-state index in [4.69, 9.17) is 9.47 Å². The number of rotatable bonds is 8. The van der Waals surface area contributed by atoms with E-state index in [1.165, 1.54) is 0 Å². The molecule has 154 valence electrons. The number of benzene rings is 2. The van der Waals surface area contributed by atoms with Crippen LogP contribution in [0, 0.1) is 0 Å². The molecule has 2 aromatic rings. The number of amides is 2. The number of hydrogen-bond donors (Lipinski definition) is 1. The van der Waals surface area contributed by atoms with Gasteiger partial charge in [-0.3, -0.25) is 9.59 Å². The van der Waals surface area contributed by atoms with Crippen molar-refractivity contribution in [3.05, 3.63) is 48.0 Å². The molecule has 1 fully saturated rings. The summed E-state index contributed by atoms with van der Waals surface area (Å²) in [6, 6.07) is 13.5. The zero-order valence-corrected chi connectivity index (χ0v) is 16.9. The van der Waals surface area contributed by atoms with Crippen molar-refractivity contribution in [2.24, 2.45) is 0 Å². The van der Waals surface area contributed by atoms with Crippen LogP contribution in [0.5, 0.6) is 11.5 Å². The molecule has 0 spiro atoms. The molecule has 1 aliphatic rings. The number of hydrogen-bond acceptors (Lipinski definition) is 5. The van der Waals surface area contributed by atoms with Crippen LogP contribution in [-0.2, 0) is 16.0 Å². The fourth-order valence-electron chi connectivity index (χ4n) is 3.37. The predicted molar refractivity (Wildman–Crippen MR) is 113 cm³/mol. The SMILES string of the molecule is COc1cccc(CCC(=O)Nc2cc(N3CCN(C=O)CC3)ccc2OC)c1. The summed E-state index contributed by atoms with van der Waals surface area (Å²) in [4.78, 5) is 27.4. The Hall–Kier alpha value is -3.22. The Kier molecular flexibility index (Phi) is 6.94. The second-order valence-electron chi connectivity index (χ2n) is 6.91. The van der Waals surface area contributed by atoms with Gasteiger partial charge in [-0.1, -0.05) is 12.1 Å². The third kappa shape index (κ3) is 5.40. The molecule has 0 unspecified atom stereocenters. The van der Waals surface area contributed by atoms with E-state index in [1.807, 2.05) is 42.5 Å². The second kappa shape index (κ2) is 9.82. The Morgan fingerprint density at radius 1 is 1.07 bits per heavy atom. The molecule has 7 heteroatoms. The molecule has 2 aromatic carbocycles. The summed E-state index contributed by atoms with van der Waals surface area (Å²) in [5.41, 5.74) is 2.70. The summed E-state index contributed by atoms with van der Waals surface area (Å²) in [5, 5.41) is 2.97. The lowest BCUT2D eigenvalue weighted by Crippen LogP contribution is -2.45. The molecule has 0 saturated carbocycles. The van der Waals surface area contributed by atoms with Gasteiger partial charge in [0.05, 0.1) is 19.9 Å². The number of carbonyl (C=O) groups is 2. The summed E-state index contributed by atoms with van der Waals surface area (Å²) in [5.74, 6) is 1.33. The average Bonchev–Trinajstić information content (AvgIpc) is 2.78. The lowest BCUT2D eigenvalue weighted by molar-refractivity contribution is -0.118. The molecular formula is C22H27N3O4. The minimum Gasteiger partial charge on any atom is -0.497 e. The maximum absolute atomic E-state index is 12.5. The van der Waals surface area contributed by atoms with Gasteiger partial charge in [0.1, 0.15) is 11.5 Å². The van der Waals surface area contributed by atoms with Crippen molar-refractivity contribution in [1.29, 1.82) is 0 Å². The lowest BCUT2D eigenvalue weighted by atomic mass is 10.1. The van der Waals surface area contributed by atoms with Gasteiger partial charge in [0.2, 0.25) is 12.3 Å². The number of aryl methyl sites for hydroxylation is 1. The summed E-state index contributed by atoms with van der Waals surface area (Å²) >= 11 is 0. The topological polar surface area (TPSA) is 71.1 Å². The number of piperazine rings is 1. The number of carbonyl (C=O) groups excluding carboxylic acids is 2. The van der Waals surface area contributed by atoms with Crippen molar-refractivity contribution in [3.8, 4) is 11.5 Å². The molecule has 0 aromatic heterocycles. The van der Waals surface area contributed by atoms with E-state index in [9.17, 15) is 9.59 Å². The highest BCUT2D eigenvalue weighted by atomic mass is 16.5. The van der Waals surface area contributed by atoms with E-state index in [0.29, 0.717) is 37.4 Å². The zero-order valence-electron chi connectivity index (χ0n) is 16.9. The molecule has 1 N–H and O–H groups in total. The Bertz CT molecular complexity index is 848. The minimum absolute atomic E-state index is 0.0750. The van der Waals surface area contributed by atoms with Crippen LogP contribution in [0.15, 0.2) is 42.5 Å². The van der Waals surface area contributed by atoms with Gasteiger partial charge < -0.3 is 24.6 Å². The van der Waals surface area contributed by atoms with Crippen molar-refractivity contribution in [2.75, 3.05) is 50.6 Å². The number of anilines is 2. The lowest BCUT2D eigenvalue weighted by Gasteiger charge is -2.34. The maximum Gasteiger partial charge on any atom is 0.224 e. The van der Waals surface area contributed by atoms with E-state index >= 15 is 0 Å². The summed E-state index contributed by atoms with van der Waals surface area (Å²) in [6.45, 7) is 2.90. The smallest absolute Gasteiger partial charge is 0.224 e. The van der Waals surface area contributed by atoms with E-state index in [0.717, 1.165) is 36.5 Å². The molecule has 7 nitrogen and oxygen atoms in total. The van der Waals surface area contributed by atoms with Crippen LogP contribution < -0.4 is 19.7 Å². The number of nitrogens with one attached hydrogen (secondary N) is 1. The van der Waals surface area contributed by atoms with Crippen molar-refractivity contribution in [2.45, 2.75) is 12.8 Å². The molecule has 1 saturated heterocycles. The highest BCUT2D eigenvalue weighted by molar-refractivity contribution is 5.93. The third-order valence-electron chi connectivity index (χ3n) is 5.06. The Labute approximate surface area is 171 Å². The van der Waals surface area contributed by atoms with Crippen molar-refractivity contribution in [1.82, 2.24) is 4.90 Å². The van der Waals surface area contributed by atoms with Crippen molar-refractivity contribution < 1.29 is 19.1 Å². The molecular weight excluding hydrogens is 370 g/mol. The van der Waals surface area contributed by atoms with Crippen LogP contribution in [0.4, 0.5) is 11.4 Å². The molecule has 2 amide bonds. The van der Waals surface area contributed by atoms with E-state index < -0.39 is 0 Å². The summed E-state index contributed by atoms with van der Waals surface area (Å²) in [7, 11) is 3.22. The standard InChI is InChI=1S/C22H27N3O4/c1-28-19-5-3-4-17(14-19)6-9-22(27)23-20-15-18(7-8-21(20)29-2)25-12-10-24(16-26)11-13-25/h3-5,7-8,14-16H,6,9-13H2,1-2H3,(H,23,27). The van der Waals surface area contributed by atoms with E-state index in [1.54, 1.807) is 19.1 Å². The normalized spacial score (nSPS) is 13.7. The van der Waals surface area contributed by atoms with Gasteiger partial charge in [0.15, 0.2) is 0 Å². The van der Waals surface area contributed by atoms with Gasteiger partial charge in [-0.2, -0.15) is 0 Å². The van der Waals surface area contributed by atoms with Gasteiger partial charge >= 0.3 is 0 Å². The van der Waals surface area contributed by atoms with Gasteiger partial charge in [-0.25, -0.2) is 0 Å². The van der Waals surface area contributed by atoms with Gasteiger partial charge in [0, 0.05) is 38.3 Å². The largest absolute Gasteiger partial charge is 0.497 e. The van der Waals surface area contributed by atoms with Crippen molar-refractivity contribution in [3.63, 3.8) is 0 Å². The number of nitrogens with zero attached hydrogens (tertiary/aromatic N) is 2. The molecule has 1 aliphatic heterocycles. The highest BCUT2D eigenvalue weighted by Crippen LogP contribution is 2.30. The van der Waals surface area contributed by atoms with Crippen LogP contribution in [0.25, 0.3) is 0 Å². The number of ether oxygens (including phenoxy) is 2. The van der Waals surface area contributed by atoms with Gasteiger partial charge in [-0.15, -0.1) is 0 Å². The highest BCUT2D eigenvalue weighted by Gasteiger charge is 2.17. The van der Waals surface area contributed by atoms with E-state index in [-0.39, 0.29) is 5.91 Å². The number of methoxy groups -OCH3 is 2. The molecule has 29 heavy (non-hydrogen) atoms. The Morgan fingerprint density at radius 2 is 1.86 bits per heavy atom. The van der Waals surface area contributed by atoms with Crippen LogP contribution >= 0.6 is 0 Å². The van der Waals surface area contributed by atoms with Crippen molar-refractivity contribution >= 4 is 23.7 Å². The van der Waals surface area contributed by atoms with Crippen LogP contribution in [0.2, 0.25) is 0 Å².